The summed E-state index contributed by atoms with van der Waals surface area (Å²) >= 11 is 0. The second-order valence-electron chi connectivity index (χ2n) is 11.7. The van der Waals surface area contributed by atoms with E-state index in [0.717, 1.165) is 0 Å². The Morgan fingerprint density at radius 2 is 0.604 bits per heavy atom. The molecule has 0 aliphatic heterocycles. The molecule has 0 aliphatic rings. The predicted molar refractivity (Wildman–Crippen MR) is 229 cm³/mol. The minimum absolute atomic E-state index is 0. The molecule has 0 saturated heterocycles. The van der Waals surface area contributed by atoms with Crippen molar-refractivity contribution in [2.24, 2.45) is 0 Å². The van der Waals surface area contributed by atoms with Crippen LogP contribution in [0.25, 0.3) is 0 Å². The van der Waals surface area contributed by atoms with Gasteiger partial charge in [0.15, 0.2) is 0 Å². The van der Waals surface area contributed by atoms with Gasteiger partial charge in [-0.2, -0.15) is 0 Å². The number of hydrogen-bond acceptors (Lipinski definition) is 0. The quantitative estimate of drug-likeness (QED) is 0.0437. The summed E-state index contributed by atoms with van der Waals surface area (Å²) in [6.45, 7) is 13.5. The molecule has 0 fully saturated rings. The van der Waals surface area contributed by atoms with E-state index in [0.29, 0.717) is 0 Å². The zero-order valence-corrected chi connectivity index (χ0v) is 35.5. The molecule has 2 atom stereocenters. The number of hydrogen-bond donors (Lipinski definition) is 0. The Bertz CT molecular complexity index is 1620. The molecule has 8 heteroatoms. The minimum Gasteiger partial charge on any atom is -0.0622 e. The Hall–Kier alpha value is -3.05. The Balaban J connectivity index is 0.00000132. The third-order valence-electron chi connectivity index (χ3n) is 8.79. The first-order valence-corrected chi connectivity index (χ1v) is 24.2. The Kier molecular flexibility index (Phi) is 24.7. The van der Waals surface area contributed by atoms with Crippen molar-refractivity contribution in [1.29, 1.82) is 0 Å². The van der Waals surface area contributed by atoms with Crippen molar-refractivity contribution in [3.8, 4) is 0 Å². The Labute approximate surface area is 335 Å². The van der Waals surface area contributed by atoms with Gasteiger partial charge in [0.05, 0.1) is 53.8 Å². The molecule has 6 rings (SSSR count). The van der Waals surface area contributed by atoms with Crippen molar-refractivity contribution in [3.05, 3.63) is 202 Å². The van der Waals surface area contributed by atoms with Crippen LogP contribution in [0.1, 0.15) is 0 Å². The molecule has 6 aromatic carbocycles. The number of rotatable bonds is 15. The van der Waals surface area contributed by atoms with Crippen LogP contribution in [0.5, 0.6) is 0 Å². The van der Waals surface area contributed by atoms with E-state index in [9.17, 15) is 0 Å². The fraction of sp³-hybridized carbons (Fsp3) is 0.133. The van der Waals surface area contributed by atoms with Crippen molar-refractivity contribution in [1.82, 2.24) is 0 Å². The van der Waals surface area contributed by atoms with Gasteiger partial charge in [-0.05, 0) is 67.1 Å². The smallest absolute Gasteiger partial charge is 0.0622 e. The standard InChI is InChI=1S/C42H42P4.3CO.Mo/c1-7-19-37(20-8-1)43(33-35-45(39-23-11-3-12-24-39)40-25-13-4-14-26-40)31-32-44(38-21-9-2-10-22-38)34-36-46(41-27-15-5-16-28-41)42-29-17-6-18-30-42;3*1-2;/h1-30H,31-36H2;;;;/p+3. The van der Waals surface area contributed by atoms with Gasteiger partial charge in [0.1, 0.15) is 6.16 Å². The molecule has 0 N–H and O–H groups in total. The second kappa shape index (κ2) is 28.4. The first kappa shape index (κ1) is 46.1. The average molecular weight is 854 g/mol. The molecule has 0 saturated carbocycles. The molecule has 0 radical (unpaired) electrons. The van der Waals surface area contributed by atoms with Gasteiger partial charge in [-0.25, -0.2) is 0 Å². The molecule has 3 nitrogen and oxygen atoms in total. The van der Waals surface area contributed by atoms with Crippen LogP contribution in [0.15, 0.2) is 182 Å². The molecular formula is C45H45MoO3P4+3. The van der Waals surface area contributed by atoms with Gasteiger partial charge in [0.2, 0.25) is 0 Å². The van der Waals surface area contributed by atoms with Crippen LogP contribution in [0.2, 0.25) is 0 Å². The summed E-state index contributed by atoms with van der Waals surface area (Å²) in [7, 11) is -2.65. The van der Waals surface area contributed by atoms with Gasteiger partial charge in [-0.15, -0.1) is 0 Å². The van der Waals surface area contributed by atoms with E-state index in [2.05, 4.69) is 202 Å². The molecule has 0 spiro atoms. The SMILES string of the molecule is [C-]#[O+].[C-]#[O+].[C-]#[O+].[Mo].c1ccc(P(CC[PH+](CC[PH+](CC[PH+](c2ccccc2)c2ccccc2)c2ccccc2)c2ccccc2)c2ccccc2)cc1. The predicted octanol–water partition coefficient (Wildman–Crippen LogP) is 7.95. The maximum Gasteiger partial charge on any atom is 0.100 e. The molecular weight excluding hydrogens is 808 g/mol. The zero-order valence-electron chi connectivity index (χ0n) is 29.6. The monoisotopic (exact) mass is 855 g/mol. The maximum atomic E-state index is 7.50. The molecule has 0 heterocycles. The first-order valence-electron chi connectivity index (χ1n) is 17.1. The molecule has 6 aromatic rings. The van der Waals surface area contributed by atoms with E-state index in [1.807, 2.05) is 0 Å². The number of benzene rings is 6. The van der Waals surface area contributed by atoms with E-state index in [-0.39, 0.29) is 29.0 Å². The van der Waals surface area contributed by atoms with E-state index in [4.69, 9.17) is 14.0 Å². The van der Waals surface area contributed by atoms with Gasteiger partial charge < -0.3 is 0 Å². The van der Waals surface area contributed by atoms with E-state index >= 15 is 0 Å². The summed E-state index contributed by atoms with van der Waals surface area (Å²) in [5.74, 6) is 0. The maximum absolute atomic E-state index is 7.50. The molecule has 2 unspecified atom stereocenters. The molecule has 53 heavy (non-hydrogen) atoms. The van der Waals surface area contributed by atoms with Crippen molar-refractivity contribution in [2.75, 3.05) is 37.0 Å². The molecule has 0 amide bonds. The summed E-state index contributed by atoms with van der Waals surface area (Å²) in [5, 5.41) is 9.30. The van der Waals surface area contributed by atoms with Crippen LogP contribution < -0.4 is 31.8 Å². The summed E-state index contributed by atoms with van der Waals surface area (Å²) in [4.78, 5) is 0. The van der Waals surface area contributed by atoms with E-state index < -0.39 is 23.8 Å². The van der Waals surface area contributed by atoms with Crippen LogP contribution in [0.3, 0.4) is 0 Å². The summed E-state index contributed by atoms with van der Waals surface area (Å²) in [5.41, 5.74) is 0. The van der Waals surface area contributed by atoms with Gasteiger partial charge in [0, 0.05) is 43.1 Å². The van der Waals surface area contributed by atoms with E-state index in [1.54, 1.807) is 10.6 Å². The zero-order chi connectivity index (χ0) is 37.2. The van der Waals surface area contributed by atoms with Crippen LogP contribution in [0.4, 0.5) is 0 Å². The van der Waals surface area contributed by atoms with Crippen LogP contribution in [-0.4, -0.2) is 37.0 Å². The van der Waals surface area contributed by atoms with Crippen LogP contribution >= 0.6 is 31.7 Å². The largest absolute Gasteiger partial charge is 0.100 e. The molecule has 0 aliphatic carbocycles. The van der Waals surface area contributed by atoms with Crippen molar-refractivity contribution >= 4 is 63.5 Å². The third kappa shape index (κ3) is 15.3. The molecule has 0 bridgehead atoms. The van der Waals surface area contributed by atoms with Crippen molar-refractivity contribution < 1.29 is 35.0 Å². The molecule has 0 aromatic heterocycles. The van der Waals surface area contributed by atoms with Gasteiger partial charge in [0.25, 0.3) is 0 Å². The summed E-state index contributed by atoms with van der Waals surface area (Å²) in [6, 6.07) is 68.3. The van der Waals surface area contributed by atoms with Crippen molar-refractivity contribution in [3.63, 3.8) is 0 Å². The minimum atomic E-state index is -0.837. The summed E-state index contributed by atoms with van der Waals surface area (Å²) < 4.78 is 22.5. The van der Waals surface area contributed by atoms with E-state index in [1.165, 1.54) is 58.2 Å². The fourth-order valence-corrected chi connectivity index (χ4v) is 19.9. The molecule has 266 valence electrons. The van der Waals surface area contributed by atoms with Crippen molar-refractivity contribution in [2.45, 2.75) is 0 Å². The fourth-order valence-electron chi connectivity index (χ4n) is 6.36. The summed E-state index contributed by atoms with van der Waals surface area (Å²) in [6.07, 6.45) is 7.90. The topological polar surface area (TPSA) is 59.7 Å². The van der Waals surface area contributed by atoms with Crippen LogP contribution in [-0.2, 0) is 35.0 Å². The first-order chi connectivity index (χ1) is 25.8. The van der Waals surface area contributed by atoms with Crippen LogP contribution in [0, 0.1) is 20.0 Å². The average Bonchev–Trinajstić information content (AvgIpc) is 3.25. The van der Waals surface area contributed by atoms with Gasteiger partial charge >= 0.3 is 33.9 Å². The van der Waals surface area contributed by atoms with Gasteiger partial charge in [-0.3, -0.25) is 0 Å². The normalized spacial score (nSPS) is 11.1. The Morgan fingerprint density at radius 3 is 0.943 bits per heavy atom. The third-order valence-corrected chi connectivity index (χ3v) is 21.2. The second-order valence-corrected chi connectivity index (χ2v) is 22.2. The van der Waals surface area contributed by atoms with Gasteiger partial charge in [-0.1, -0.05) is 133 Å². The Morgan fingerprint density at radius 1 is 0.340 bits per heavy atom.